The van der Waals surface area contributed by atoms with Gasteiger partial charge in [-0.2, -0.15) is 0 Å². The number of nitrogens with two attached hydrogens (primary N) is 2. The van der Waals surface area contributed by atoms with Gasteiger partial charge in [-0.1, -0.05) is 159 Å². The van der Waals surface area contributed by atoms with Crippen LogP contribution in [0.3, 0.4) is 0 Å². The van der Waals surface area contributed by atoms with Gasteiger partial charge in [0.25, 0.3) is 0 Å². The smallest absolute Gasteiger partial charge is 0.323 e. The molecule has 11 heteroatoms. The van der Waals surface area contributed by atoms with Crippen molar-refractivity contribution in [2.75, 3.05) is 32.7 Å². The molecule has 0 aromatic heterocycles. The Bertz CT molecular complexity index is 2910. The van der Waals surface area contributed by atoms with E-state index in [1.807, 2.05) is 48.5 Å². The zero-order valence-electron chi connectivity index (χ0n) is 44.4. The molecule has 8 rings (SSSR count). The molecule has 372 valence electrons. The first-order chi connectivity index (χ1) is 32.8. The predicted molar refractivity (Wildman–Crippen MR) is 292 cm³/mol. The third-order valence-corrected chi connectivity index (χ3v) is 14.0. The van der Waals surface area contributed by atoms with E-state index >= 15 is 0 Å². The number of para-hydroxylation sites is 4. The Hall–Kier alpha value is -7.14. The molecule has 6 aromatic rings. The second-order valence-electron chi connectivity index (χ2n) is 24.4. The summed E-state index contributed by atoms with van der Waals surface area (Å²) in [4.78, 5) is 28.4. The molecule has 0 spiro atoms. The van der Waals surface area contributed by atoms with Gasteiger partial charge >= 0.3 is 12.1 Å². The molecule has 8 N–H and O–H groups in total. The highest BCUT2D eigenvalue weighted by Crippen LogP contribution is 2.56. The Labute approximate surface area is 420 Å². The van der Waals surface area contributed by atoms with Crippen molar-refractivity contribution in [3.05, 3.63) is 142 Å². The standard InChI is InChI=1S/C60H72N6O5/c1-55(2,3)33-25-37-49(41(61)29-33)70-51-39(59(37,13)14)27-35(57(7,8)9)31-45(51)65-53(67)63-43-21-17-19-23-47(43)69-48-24-20-18-22-44(48)64-54(68)66-46-32-36(58(10,11)12)28-40-52(46)71-50-38(60(40,15)16)26-34(30-42(50)62)56(4,5)6/h17-32H,61-62H2,1-16H3,(H2,63,65,67)(H2,64,66,68). The minimum Gasteiger partial charge on any atom is -0.453 e. The van der Waals surface area contributed by atoms with Crippen molar-refractivity contribution in [2.24, 2.45) is 0 Å². The molecule has 0 unspecified atom stereocenters. The molecule has 11 nitrogen and oxygen atoms in total. The van der Waals surface area contributed by atoms with E-state index in [9.17, 15) is 9.59 Å². The molecule has 2 heterocycles. The van der Waals surface area contributed by atoms with E-state index in [0.29, 0.717) is 68.6 Å². The Morgan fingerprint density at radius 1 is 0.423 bits per heavy atom. The molecular weight excluding hydrogens is 885 g/mol. The monoisotopic (exact) mass is 957 g/mol. The molecule has 0 radical (unpaired) electrons. The summed E-state index contributed by atoms with van der Waals surface area (Å²) in [5.74, 6) is 2.95. The summed E-state index contributed by atoms with van der Waals surface area (Å²) in [5.41, 5.74) is 22.8. The minimum absolute atomic E-state index is 0.126. The number of carbonyl (C=O) groups is 2. The van der Waals surface area contributed by atoms with Crippen molar-refractivity contribution in [3.8, 4) is 34.5 Å². The zero-order chi connectivity index (χ0) is 52.0. The minimum atomic E-state index is -0.511. The van der Waals surface area contributed by atoms with Gasteiger partial charge in [0.1, 0.15) is 0 Å². The lowest BCUT2D eigenvalue weighted by Gasteiger charge is -2.38. The van der Waals surface area contributed by atoms with Crippen LogP contribution in [0.4, 0.5) is 43.7 Å². The number of rotatable bonds is 6. The van der Waals surface area contributed by atoms with Gasteiger partial charge in [0.2, 0.25) is 0 Å². The van der Waals surface area contributed by atoms with E-state index in [1.54, 1.807) is 24.3 Å². The first-order valence-electron chi connectivity index (χ1n) is 24.5. The number of carbonyl (C=O) groups excluding carboxylic acids is 2. The van der Waals surface area contributed by atoms with Gasteiger partial charge in [0.15, 0.2) is 34.5 Å². The Morgan fingerprint density at radius 2 is 0.704 bits per heavy atom. The van der Waals surface area contributed by atoms with E-state index in [0.717, 1.165) is 44.5 Å². The van der Waals surface area contributed by atoms with Crippen molar-refractivity contribution in [1.29, 1.82) is 0 Å². The normalized spacial score (nSPS) is 14.6. The van der Waals surface area contributed by atoms with E-state index in [2.05, 4.69) is 156 Å². The first-order valence-corrected chi connectivity index (χ1v) is 24.5. The fourth-order valence-electron chi connectivity index (χ4n) is 9.27. The molecule has 0 bridgehead atoms. The van der Waals surface area contributed by atoms with Gasteiger partial charge in [-0.05, 0) is 92.4 Å². The molecule has 0 atom stereocenters. The van der Waals surface area contributed by atoms with Crippen LogP contribution in [0, 0.1) is 0 Å². The highest BCUT2D eigenvalue weighted by atomic mass is 16.5. The maximum absolute atomic E-state index is 14.2. The average molecular weight is 957 g/mol. The number of hydrogen-bond donors (Lipinski definition) is 6. The van der Waals surface area contributed by atoms with E-state index in [-0.39, 0.29) is 21.7 Å². The van der Waals surface area contributed by atoms with Crippen LogP contribution in [0.15, 0.2) is 97.1 Å². The van der Waals surface area contributed by atoms with Gasteiger partial charge in [0, 0.05) is 33.1 Å². The van der Waals surface area contributed by atoms with Crippen LogP contribution >= 0.6 is 0 Å². The van der Waals surface area contributed by atoms with E-state index < -0.39 is 22.9 Å². The quantitative estimate of drug-likeness (QED) is 0.0906. The summed E-state index contributed by atoms with van der Waals surface area (Å²) < 4.78 is 19.9. The second kappa shape index (κ2) is 17.3. The molecule has 6 aromatic carbocycles. The number of fused-ring (bicyclic) bond motifs is 4. The molecule has 71 heavy (non-hydrogen) atoms. The summed E-state index contributed by atoms with van der Waals surface area (Å²) in [6, 6.07) is 29.9. The van der Waals surface area contributed by atoms with Crippen LogP contribution in [-0.2, 0) is 32.5 Å². The molecule has 2 aliphatic heterocycles. The molecule has 0 fully saturated rings. The zero-order valence-corrected chi connectivity index (χ0v) is 44.4. The number of ether oxygens (including phenoxy) is 3. The topological polar surface area (TPSA) is 162 Å². The number of anilines is 6. The molecule has 4 amide bonds. The lowest BCUT2D eigenvalue weighted by Crippen LogP contribution is -2.29. The van der Waals surface area contributed by atoms with Crippen molar-refractivity contribution in [1.82, 2.24) is 0 Å². The maximum atomic E-state index is 14.2. The lowest BCUT2D eigenvalue weighted by molar-refractivity contribution is 0.261. The van der Waals surface area contributed by atoms with Gasteiger partial charge in [-0.15, -0.1) is 0 Å². The van der Waals surface area contributed by atoms with E-state index in [1.165, 1.54) is 0 Å². The van der Waals surface area contributed by atoms with Gasteiger partial charge in [-0.25, -0.2) is 9.59 Å². The number of urea groups is 2. The molecule has 0 saturated heterocycles. The largest absolute Gasteiger partial charge is 0.453 e. The highest BCUT2D eigenvalue weighted by molar-refractivity contribution is 6.03. The Morgan fingerprint density at radius 3 is 1.03 bits per heavy atom. The lowest BCUT2D eigenvalue weighted by atomic mass is 9.71. The van der Waals surface area contributed by atoms with Gasteiger partial charge in [-0.3, -0.25) is 0 Å². The number of benzene rings is 6. The second-order valence-corrected chi connectivity index (χ2v) is 24.4. The summed E-state index contributed by atoms with van der Waals surface area (Å²) in [6.07, 6.45) is 0. The van der Waals surface area contributed by atoms with Crippen molar-refractivity contribution < 1.29 is 23.8 Å². The summed E-state index contributed by atoms with van der Waals surface area (Å²) in [5, 5.41) is 12.2. The number of hydrogen-bond acceptors (Lipinski definition) is 7. The Balaban J connectivity index is 1.05. The third-order valence-electron chi connectivity index (χ3n) is 14.0. The van der Waals surface area contributed by atoms with Crippen LogP contribution in [0.5, 0.6) is 34.5 Å². The molecule has 0 saturated carbocycles. The van der Waals surface area contributed by atoms with Crippen LogP contribution in [-0.4, -0.2) is 12.1 Å². The van der Waals surface area contributed by atoms with Crippen molar-refractivity contribution in [2.45, 2.75) is 143 Å². The Kier molecular flexibility index (Phi) is 12.3. The molecule has 0 aliphatic carbocycles. The first kappa shape index (κ1) is 50.3. The van der Waals surface area contributed by atoms with Crippen LogP contribution in [0.2, 0.25) is 0 Å². The van der Waals surface area contributed by atoms with E-state index in [4.69, 9.17) is 25.7 Å². The van der Waals surface area contributed by atoms with Crippen LogP contribution in [0.25, 0.3) is 0 Å². The average Bonchev–Trinajstić information content (AvgIpc) is 3.24. The highest BCUT2D eigenvalue weighted by Gasteiger charge is 2.41. The fourth-order valence-corrected chi connectivity index (χ4v) is 9.27. The molecular formula is C60H72N6O5. The number of nitrogen functional groups attached to an aromatic ring is 2. The molecule has 2 aliphatic rings. The SMILES string of the molecule is CC(C)(C)c1cc(N)c2c(c1)C(C)(C)c1cc(C(C)(C)C)cc(NC(=O)Nc3ccccc3Oc3ccccc3NC(=O)Nc3cc(C(C)(C)C)cc4c3Oc3c(N)cc(C(C)(C)C)cc3C4(C)C)c1O2. The third kappa shape index (κ3) is 9.71. The van der Waals surface area contributed by atoms with Crippen LogP contribution in [0.1, 0.15) is 155 Å². The van der Waals surface area contributed by atoms with Gasteiger partial charge in [0.05, 0.1) is 34.1 Å². The van der Waals surface area contributed by atoms with Crippen molar-refractivity contribution >= 4 is 46.2 Å². The number of amides is 4. The van der Waals surface area contributed by atoms with Gasteiger partial charge < -0.3 is 46.9 Å². The summed E-state index contributed by atoms with van der Waals surface area (Å²) in [7, 11) is 0. The maximum Gasteiger partial charge on any atom is 0.323 e. The van der Waals surface area contributed by atoms with Crippen LogP contribution < -0.4 is 46.9 Å². The predicted octanol–water partition coefficient (Wildman–Crippen LogP) is 16.0. The summed E-state index contributed by atoms with van der Waals surface area (Å²) in [6.45, 7) is 34.6. The number of nitrogens with one attached hydrogen (secondary N) is 4. The fraction of sp³-hybridized carbons (Fsp3) is 0.367. The van der Waals surface area contributed by atoms with Crippen molar-refractivity contribution in [3.63, 3.8) is 0 Å². The summed E-state index contributed by atoms with van der Waals surface area (Å²) >= 11 is 0.